The molecule has 0 heterocycles. The van der Waals surface area contributed by atoms with Gasteiger partial charge in [0.1, 0.15) is 0 Å². The number of halogens is 1. The standard InChI is InChI=1S/C10H10ClN3O7S/c1-7-2-3-10(9(4-7)13(16)17)22(20,21)12(14(18)19)6-8(15)5-11/h2-4H,5-6H2,1H3. The summed E-state index contributed by atoms with van der Waals surface area (Å²) in [4.78, 5) is 31.2. The molecule has 0 aliphatic carbocycles. The van der Waals surface area contributed by atoms with Crippen LogP contribution in [0.5, 0.6) is 0 Å². The van der Waals surface area contributed by atoms with E-state index in [0.717, 1.165) is 12.1 Å². The van der Waals surface area contributed by atoms with Gasteiger partial charge in [-0.2, -0.15) is 8.42 Å². The van der Waals surface area contributed by atoms with Crippen molar-refractivity contribution in [2.75, 3.05) is 12.4 Å². The molecule has 0 spiro atoms. The average molecular weight is 352 g/mol. The van der Waals surface area contributed by atoms with Gasteiger partial charge in [-0.05, 0) is 23.0 Å². The molecule has 0 saturated heterocycles. The number of hydrogen-bond acceptors (Lipinski definition) is 7. The van der Waals surface area contributed by atoms with E-state index in [-0.39, 0.29) is 4.41 Å². The van der Waals surface area contributed by atoms with Crippen LogP contribution in [0, 0.1) is 27.2 Å². The molecule has 1 rings (SSSR count). The van der Waals surface area contributed by atoms with Crippen molar-refractivity contribution in [2.45, 2.75) is 11.8 Å². The zero-order chi connectivity index (χ0) is 17.1. The molecule has 12 heteroatoms. The first-order valence-electron chi connectivity index (χ1n) is 5.61. The third-order valence-electron chi connectivity index (χ3n) is 2.51. The van der Waals surface area contributed by atoms with E-state index in [4.69, 9.17) is 11.6 Å². The number of alkyl halides is 1. The summed E-state index contributed by atoms with van der Waals surface area (Å²) in [6.45, 7) is 0.371. The number of nitro groups is 2. The van der Waals surface area contributed by atoms with Crippen molar-refractivity contribution in [3.63, 3.8) is 0 Å². The van der Waals surface area contributed by atoms with Crippen LogP contribution in [0.25, 0.3) is 0 Å². The van der Waals surface area contributed by atoms with E-state index in [1.54, 1.807) is 0 Å². The molecule has 0 amide bonds. The van der Waals surface area contributed by atoms with Crippen LogP contribution < -0.4 is 0 Å². The van der Waals surface area contributed by atoms with Crippen LogP contribution >= 0.6 is 11.6 Å². The van der Waals surface area contributed by atoms with Crippen molar-refractivity contribution < 1.29 is 23.2 Å². The minimum absolute atomic E-state index is 0.366. The van der Waals surface area contributed by atoms with Gasteiger partial charge >= 0.3 is 10.0 Å². The highest BCUT2D eigenvalue weighted by Gasteiger charge is 2.39. The van der Waals surface area contributed by atoms with Gasteiger partial charge in [-0.1, -0.05) is 6.07 Å². The number of carbonyl (C=O) groups excluding carboxylic acids is 1. The van der Waals surface area contributed by atoms with Crippen molar-refractivity contribution in [2.24, 2.45) is 0 Å². The zero-order valence-electron chi connectivity index (χ0n) is 11.1. The summed E-state index contributed by atoms with van der Waals surface area (Å²) in [7, 11) is -4.88. The molecular formula is C10H10ClN3O7S. The van der Waals surface area contributed by atoms with Crippen LogP contribution in [0.1, 0.15) is 5.56 Å². The lowest BCUT2D eigenvalue weighted by Crippen LogP contribution is -2.40. The number of ketones is 1. The molecule has 0 aliphatic heterocycles. The second kappa shape index (κ2) is 6.66. The summed E-state index contributed by atoms with van der Waals surface area (Å²) in [6.07, 6.45) is 0. The van der Waals surface area contributed by atoms with Crippen molar-refractivity contribution in [1.29, 1.82) is 0 Å². The van der Waals surface area contributed by atoms with Crippen LogP contribution in [-0.2, 0) is 14.8 Å². The maximum Gasteiger partial charge on any atom is 0.320 e. The Morgan fingerprint density at radius 1 is 1.32 bits per heavy atom. The maximum atomic E-state index is 12.2. The molecule has 22 heavy (non-hydrogen) atoms. The van der Waals surface area contributed by atoms with Crippen LogP contribution in [0.15, 0.2) is 23.1 Å². The van der Waals surface area contributed by atoms with E-state index in [0.29, 0.717) is 5.56 Å². The molecule has 0 atom stereocenters. The van der Waals surface area contributed by atoms with Gasteiger partial charge in [0.25, 0.3) is 5.69 Å². The number of hydrogen-bond donors (Lipinski definition) is 0. The molecule has 1 aromatic rings. The highest BCUT2D eigenvalue weighted by atomic mass is 35.5. The van der Waals surface area contributed by atoms with Crippen molar-refractivity contribution in [3.8, 4) is 0 Å². The number of Topliss-reactive ketones (excluding diaryl/α,β-unsaturated/α-hetero) is 1. The summed E-state index contributed by atoms with van der Waals surface area (Å²) >= 11 is 5.20. The lowest BCUT2D eigenvalue weighted by Gasteiger charge is -2.13. The van der Waals surface area contributed by atoms with E-state index >= 15 is 0 Å². The molecule has 0 fully saturated rings. The maximum absolute atomic E-state index is 12.2. The Morgan fingerprint density at radius 2 is 1.91 bits per heavy atom. The first kappa shape index (κ1) is 17.8. The molecule has 0 bridgehead atoms. The van der Waals surface area contributed by atoms with E-state index in [1.807, 2.05) is 0 Å². The topological polar surface area (TPSA) is 141 Å². The molecule has 0 radical (unpaired) electrons. The fraction of sp³-hybridized carbons (Fsp3) is 0.300. The second-order valence-electron chi connectivity index (χ2n) is 4.12. The van der Waals surface area contributed by atoms with Crippen molar-refractivity contribution >= 4 is 33.1 Å². The van der Waals surface area contributed by atoms with Crippen molar-refractivity contribution in [1.82, 2.24) is 4.41 Å². The van der Waals surface area contributed by atoms with Crippen molar-refractivity contribution in [3.05, 3.63) is 44.0 Å². The summed E-state index contributed by atoms with van der Waals surface area (Å²) in [5.74, 6) is -1.55. The van der Waals surface area contributed by atoms with Gasteiger partial charge < -0.3 is 0 Å². The third-order valence-corrected chi connectivity index (χ3v) is 4.53. The number of carbonyl (C=O) groups is 1. The SMILES string of the molecule is Cc1ccc(S(=O)(=O)N(CC(=O)CCl)[N+](=O)[O-])c([N+](=O)[O-])c1. The predicted molar refractivity (Wildman–Crippen MR) is 74.4 cm³/mol. The van der Waals surface area contributed by atoms with Gasteiger partial charge in [0.15, 0.2) is 22.3 Å². The Hall–Kier alpha value is -2.27. The lowest BCUT2D eigenvalue weighted by molar-refractivity contribution is -0.617. The van der Waals surface area contributed by atoms with Gasteiger partial charge in [-0.15, -0.1) is 11.6 Å². The third kappa shape index (κ3) is 3.68. The van der Waals surface area contributed by atoms with Crippen LogP contribution in [0.2, 0.25) is 0 Å². The van der Waals surface area contributed by atoms with E-state index in [2.05, 4.69) is 0 Å². The molecule has 0 saturated carbocycles. The highest BCUT2D eigenvalue weighted by Crippen LogP contribution is 2.27. The van der Waals surface area contributed by atoms with Gasteiger partial charge in [0, 0.05) is 6.07 Å². The molecule has 0 N–H and O–H groups in total. The number of rotatable bonds is 7. The molecule has 1 aromatic carbocycles. The highest BCUT2D eigenvalue weighted by molar-refractivity contribution is 7.89. The van der Waals surface area contributed by atoms with Crippen LogP contribution in [0.4, 0.5) is 5.69 Å². The molecule has 10 nitrogen and oxygen atoms in total. The Labute approximate surface area is 129 Å². The first-order valence-corrected chi connectivity index (χ1v) is 7.58. The number of sulfonamides is 1. The molecule has 0 aromatic heterocycles. The summed E-state index contributed by atoms with van der Waals surface area (Å²) in [5.41, 5.74) is -0.416. The Bertz CT molecular complexity index is 734. The molecular weight excluding hydrogens is 342 g/mol. The first-order chi connectivity index (χ1) is 10.1. The quantitative estimate of drug-likeness (QED) is 0.403. The minimum Gasteiger partial charge on any atom is -0.296 e. The molecule has 0 unspecified atom stereocenters. The fourth-order valence-electron chi connectivity index (χ4n) is 1.53. The lowest BCUT2D eigenvalue weighted by atomic mass is 10.2. The van der Waals surface area contributed by atoms with Gasteiger partial charge in [0.2, 0.25) is 0 Å². The van der Waals surface area contributed by atoms with Gasteiger partial charge in [-0.3, -0.25) is 14.9 Å². The van der Waals surface area contributed by atoms with Crippen LogP contribution in [-0.4, -0.2) is 41.0 Å². The monoisotopic (exact) mass is 351 g/mol. The zero-order valence-corrected chi connectivity index (χ0v) is 12.7. The number of nitrogens with zero attached hydrogens (tertiary/aromatic N) is 3. The average Bonchev–Trinajstić information content (AvgIpc) is 2.43. The number of hydrazine groups is 1. The summed E-state index contributed by atoms with van der Waals surface area (Å²) in [6, 6.07) is 3.10. The van der Waals surface area contributed by atoms with E-state index in [1.165, 1.54) is 13.0 Å². The molecule has 0 aliphatic rings. The number of nitro benzene ring substituents is 1. The predicted octanol–water partition coefficient (Wildman–Crippen LogP) is 0.894. The normalized spacial score (nSPS) is 11.0. The van der Waals surface area contributed by atoms with Crippen LogP contribution in [0.3, 0.4) is 0 Å². The summed E-state index contributed by atoms with van der Waals surface area (Å²) in [5, 5.41) is 20.5. The van der Waals surface area contributed by atoms with E-state index < -0.39 is 48.8 Å². The van der Waals surface area contributed by atoms with Gasteiger partial charge in [0.05, 0.1) is 10.8 Å². The second-order valence-corrected chi connectivity index (χ2v) is 6.20. The van der Waals surface area contributed by atoms with E-state index in [9.17, 15) is 33.4 Å². The Kier molecular flexibility index (Phi) is 5.38. The van der Waals surface area contributed by atoms with Gasteiger partial charge in [-0.25, -0.2) is 10.1 Å². The number of aryl methyl sites for hydroxylation is 1. The summed E-state index contributed by atoms with van der Waals surface area (Å²) < 4.78 is 24.1. The smallest absolute Gasteiger partial charge is 0.296 e. The largest absolute Gasteiger partial charge is 0.320 e. The number of benzene rings is 1. The minimum atomic E-state index is -4.88. The fourth-order valence-corrected chi connectivity index (χ4v) is 2.96. The Morgan fingerprint density at radius 3 is 2.36 bits per heavy atom. The Balaban J connectivity index is 3.47. The molecule has 120 valence electrons.